The van der Waals surface area contributed by atoms with Gasteiger partial charge in [0.25, 0.3) is 0 Å². The number of amides is 1. The Hall–Kier alpha value is -1.56. The Morgan fingerprint density at radius 1 is 1.05 bits per heavy atom. The van der Waals surface area contributed by atoms with Crippen LogP contribution in [0.15, 0.2) is 47.4 Å². The first-order valence-electron chi connectivity index (χ1n) is 6.32. The minimum atomic E-state index is -3.69. The first-order valence-corrected chi connectivity index (χ1v) is 8.73. The smallest absolute Gasteiger partial charge is 0.239 e. The van der Waals surface area contributed by atoms with Gasteiger partial charge in [0.15, 0.2) is 9.84 Å². The molecule has 0 aromatic heterocycles. The predicted molar refractivity (Wildman–Crippen MR) is 88.3 cm³/mol. The Labute approximate surface area is 139 Å². The summed E-state index contributed by atoms with van der Waals surface area (Å²) >= 11 is 11.6. The maximum Gasteiger partial charge on any atom is 0.239 e. The Morgan fingerprint density at radius 3 is 2.27 bits per heavy atom. The highest BCUT2D eigenvalue weighted by molar-refractivity contribution is 7.92. The van der Waals surface area contributed by atoms with Crippen molar-refractivity contribution in [1.82, 2.24) is 0 Å². The maximum absolute atomic E-state index is 12.2. The molecule has 2 aromatic carbocycles. The molecule has 0 bridgehead atoms. The summed E-state index contributed by atoms with van der Waals surface area (Å²) in [5, 5.41) is 3.12. The van der Waals surface area contributed by atoms with Gasteiger partial charge in [-0.05, 0) is 37.3 Å². The molecule has 0 aliphatic heterocycles. The standard InChI is InChI=1S/C15H13Cl2NO3S/c1-10-2-5-12(6-3-10)22(20,21)9-15(19)18-11-4-7-13(16)14(17)8-11/h2-8H,9H2,1H3,(H,18,19). The lowest BCUT2D eigenvalue weighted by Crippen LogP contribution is -2.23. The summed E-state index contributed by atoms with van der Waals surface area (Å²) in [4.78, 5) is 12.0. The number of benzene rings is 2. The lowest BCUT2D eigenvalue weighted by Gasteiger charge is -2.07. The van der Waals surface area contributed by atoms with Crippen LogP contribution in [-0.4, -0.2) is 20.1 Å². The fourth-order valence-electron chi connectivity index (χ4n) is 1.77. The van der Waals surface area contributed by atoms with E-state index < -0.39 is 21.5 Å². The molecule has 7 heteroatoms. The van der Waals surface area contributed by atoms with Gasteiger partial charge in [0.2, 0.25) is 5.91 Å². The third kappa shape index (κ3) is 4.22. The Balaban J connectivity index is 2.10. The summed E-state index contributed by atoms with van der Waals surface area (Å²) in [6, 6.07) is 10.9. The molecular weight excluding hydrogens is 345 g/mol. The zero-order chi connectivity index (χ0) is 16.3. The number of carbonyl (C=O) groups is 1. The summed E-state index contributed by atoms with van der Waals surface area (Å²) < 4.78 is 24.3. The number of anilines is 1. The highest BCUT2D eigenvalue weighted by Crippen LogP contribution is 2.25. The van der Waals surface area contributed by atoms with Crippen molar-refractivity contribution in [2.75, 3.05) is 11.1 Å². The molecular formula is C15H13Cl2NO3S. The number of hydrogen-bond donors (Lipinski definition) is 1. The average Bonchev–Trinajstić information content (AvgIpc) is 2.42. The van der Waals surface area contributed by atoms with E-state index in [4.69, 9.17) is 23.2 Å². The van der Waals surface area contributed by atoms with Crippen LogP contribution in [0, 0.1) is 6.92 Å². The highest BCUT2D eigenvalue weighted by atomic mass is 35.5. The van der Waals surface area contributed by atoms with E-state index in [2.05, 4.69) is 5.32 Å². The van der Waals surface area contributed by atoms with Crippen molar-refractivity contribution in [3.63, 3.8) is 0 Å². The van der Waals surface area contributed by atoms with Gasteiger partial charge < -0.3 is 5.32 Å². The monoisotopic (exact) mass is 357 g/mol. The van der Waals surface area contributed by atoms with Crippen LogP contribution in [0.1, 0.15) is 5.56 Å². The van der Waals surface area contributed by atoms with Crippen molar-refractivity contribution in [3.05, 3.63) is 58.1 Å². The van der Waals surface area contributed by atoms with E-state index in [1.54, 1.807) is 18.2 Å². The summed E-state index contributed by atoms with van der Waals surface area (Å²) in [6.45, 7) is 1.85. The first kappa shape index (κ1) is 16.8. The largest absolute Gasteiger partial charge is 0.325 e. The number of nitrogens with one attached hydrogen (secondary N) is 1. The molecule has 0 fully saturated rings. The molecule has 0 saturated heterocycles. The quantitative estimate of drug-likeness (QED) is 0.906. The predicted octanol–water partition coefficient (Wildman–Crippen LogP) is 3.71. The summed E-state index contributed by atoms with van der Waals surface area (Å²) in [5.74, 6) is -1.28. The number of sulfone groups is 1. The molecule has 2 rings (SSSR count). The minimum Gasteiger partial charge on any atom is -0.325 e. The fourth-order valence-corrected chi connectivity index (χ4v) is 3.21. The van der Waals surface area contributed by atoms with Crippen molar-refractivity contribution >= 4 is 44.6 Å². The molecule has 0 heterocycles. The number of rotatable bonds is 4. The lowest BCUT2D eigenvalue weighted by atomic mass is 10.2. The van der Waals surface area contributed by atoms with Gasteiger partial charge in [-0.25, -0.2) is 8.42 Å². The van der Waals surface area contributed by atoms with Crippen LogP contribution in [0.5, 0.6) is 0 Å². The van der Waals surface area contributed by atoms with Crippen LogP contribution in [0.4, 0.5) is 5.69 Å². The molecule has 0 unspecified atom stereocenters. The molecule has 22 heavy (non-hydrogen) atoms. The second kappa shape index (κ2) is 6.69. The third-order valence-electron chi connectivity index (χ3n) is 2.90. The number of halogens is 2. The topological polar surface area (TPSA) is 63.2 Å². The second-order valence-corrected chi connectivity index (χ2v) is 7.55. The van der Waals surface area contributed by atoms with Crippen molar-refractivity contribution in [3.8, 4) is 0 Å². The van der Waals surface area contributed by atoms with E-state index in [-0.39, 0.29) is 9.92 Å². The van der Waals surface area contributed by atoms with Crippen molar-refractivity contribution in [2.45, 2.75) is 11.8 Å². The Kier molecular flexibility index (Phi) is 5.11. The van der Waals surface area contributed by atoms with Gasteiger partial charge in [0.05, 0.1) is 14.9 Å². The minimum absolute atomic E-state index is 0.113. The van der Waals surface area contributed by atoms with Crippen LogP contribution in [0.2, 0.25) is 10.0 Å². The molecule has 4 nitrogen and oxygen atoms in total. The second-order valence-electron chi connectivity index (χ2n) is 4.75. The zero-order valence-corrected chi connectivity index (χ0v) is 14.0. The molecule has 0 radical (unpaired) electrons. The van der Waals surface area contributed by atoms with Gasteiger partial charge >= 0.3 is 0 Å². The van der Waals surface area contributed by atoms with Gasteiger partial charge in [0.1, 0.15) is 5.75 Å². The van der Waals surface area contributed by atoms with Gasteiger partial charge in [-0.2, -0.15) is 0 Å². The summed E-state index contributed by atoms with van der Waals surface area (Å²) in [7, 11) is -3.69. The van der Waals surface area contributed by atoms with Crippen LogP contribution in [0.3, 0.4) is 0 Å². The highest BCUT2D eigenvalue weighted by Gasteiger charge is 2.19. The zero-order valence-electron chi connectivity index (χ0n) is 11.6. The van der Waals surface area contributed by atoms with Gasteiger partial charge in [0, 0.05) is 5.69 Å². The van der Waals surface area contributed by atoms with Crippen molar-refractivity contribution in [2.24, 2.45) is 0 Å². The van der Waals surface area contributed by atoms with E-state index in [0.717, 1.165) is 5.56 Å². The van der Waals surface area contributed by atoms with Gasteiger partial charge in [-0.1, -0.05) is 40.9 Å². The Morgan fingerprint density at radius 2 is 1.68 bits per heavy atom. The molecule has 1 amide bonds. The SMILES string of the molecule is Cc1ccc(S(=O)(=O)CC(=O)Nc2ccc(Cl)c(Cl)c2)cc1. The maximum atomic E-state index is 12.2. The van der Waals surface area contributed by atoms with Crippen LogP contribution in [-0.2, 0) is 14.6 Å². The van der Waals surface area contributed by atoms with E-state index in [1.807, 2.05) is 6.92 Å². The molecule has 0 aliphatic rings. The van der Waals surface area contributed by atoms with E-state index >= 15 is 0 Å². The molecule has 0 saturated carbocycles. The average molecular weight is 358 g/mol. The number of carbonyl (C=O) groups excluding carboxylic acids is 1. The van der Waals surface area contributed by atoms with E-state index in [9.17, 15) is 13.2 Å². The first-order chi connectivity index (χ1) is 10.3. The molecule has 0 aliphatic carbocycles. The van der Waals surface area contributed by atoms with Crippen LogP contribution >= 0.6 is 23.2 Å². The molecule has 0 spiro atoms. The van der Waals surface area contributed by atoms with E-state index in [1.165, 1.54) is 24.3 Å². The van der Waals surface area contributed by atoms with Crippen LogP contribution < -0.4 is 5.32 Å². The fraction of sp³-hybridized carbons (Fsp3) is 0.133. The van der Waals surface area contributed by atoms with Crippen molar-refractivity contribution < 1.29 is 13.2 Å². The normalized spacial score (nSPS) is 11.2. The van der Waals surface area contributed by atoms with Gasteiger partial charge in [-0.15, -0.1) is 0 Å². The summed E-state index contributed by atoms with van der Waals surface area (Å²) in [6.07, 6.45) is 0. The lowest BCUT2D eigenvalue weighted by molar-refractivity contribution is -0.113. The van der Waals surface area contributed by atoms with Crippen LogP contribution in [0.25, 0.3) is 0 Å². The number of aryl methyl sites for hydroxylation is 1. The van der Waals surface area contributed by atoms with E-state index in [0.29, 0.717) is 10.7 Å². The van der Waals surface area contributed by atoms with Gasteiger partial charge in [-0.3, -0.25) is 4.79 Å². The van der Waals surface area contributed by atoms with Crippen molar-refractivity contribution in [1.29, 1.82) is 0 Å². The molecule has 1 N–H and O–H groups in total. The molecule has 116 valence electrons. The Bertz CT molecular complexity index is 802. The third-order valence-corrected chi connectivity index (χ3v) is 5.28. The summed E-state index contributed by atoms with van der Waals surface area (Å²) in [5.41, 5.74) is 1.33. The molecule has 0 atom stereocenters. The number of hydrogen-bond acceptors (Lipinski definition) is 3. The molecule has 2 aromatic rings.